The highest BCUT2D eigenvalue weighted by molar-refractivity contribution is 5.78. The van der Waals surface area contributed by atoms with Gasteiger partial charge in [0.2, 0.25) is 0 Å². The summed E-state index contributed by atoms with van der Waals surface area (Å²) in [5, 5.41) is 28.7. The van der Waals surface area contributed by atoms with Gasteiger partial charge in [-0.1, -0.05) is 0 Å². The molecule has 0 atom stereocenters. The van der Waals surface area contributed by atoms with Gasteiger partial charge in [-0.25, -0.2) is 9.78 Å². The average Bonchev–Trinajstić information content (AvgIpc) is 3.23. The maximum Gasteiger partial charge on any atom is 0.329 e. The number of hydrogen-bond donors (Lipinski definition) is 3. The third-order valence-electron chi connectivity index (χ3n) is 5.74. The number of carbonyl (C=O) groups is 1. The second-order valence-corrected chi connectivity index (χ2v) is 7.97. The van der Waals surface area contributed by atoms with E-state index in [1.807, 2.05) is 7.05 Å². The molecular formula is C23H26N4O4. The molecule has 8 heteroatoms. The maximum atomic E-state index is 12.9. The Hall–Kier alpha value is -3.52. The standard InChI is InChI=1S/C23H26N4O4/c1-25(23(31)27-14-22(24-15-27)17-2-4-19(28)5-3-17)18-6-8-26(9-7-18)13-16-10-20(29)12-21(30)11-16/h2-5,10-12,14-15,18,28-30H,6-9,13H2,1H3. The number of rotatable bonds is 4. The molecule has 0 radical (unpaired) electrons. The number of nitrogens with zero attached hydrogens (tertiary/aromatic N) is 4. The third-order valence-corrected chi connectivity index (χ3v) is 5.74. The van der Waals surface area contributed by atoms with Crippen LogP contribution in [0.5, 0.6) is 17.2 Å². The summed E-state index contributed by atoms with van der Waals surface area (Å²) in [6.07, 6.45) is 4.90. The molecule has 1 aliphatic rings. The highest BCUT2D eigenvalue weighted by Crippen LogP contribution is 2.24. The molecule has 1 saturated heterocycles. The molecule has 2 aromatic carbocycles. The summed E-state index contributed by atoms with van der Waals surface area (Å²) in [5.41, 5.74) is 2.37. The quantitative estimate of drug-likeness (QED) is 0.597. The predicted molar refractivity (Wildman–Crippen MR) is 116 cm³/mol. The van der Waals surface area contributed by atoms with E-state index in [2.05, 4.69) is 9.88 Å². The van der Waals surface area contributed by atoms with Gasteiger partial charge >= 0.3 is 6.03 Å². The van der Waals surface area contributed by atoms with Gasteiger partial charge in [0.05, 0.1) is 5.69 Å². The highest BCUT2D eigenvalue weighted by Gasteiger charge is 2.26. The molecular weight excluding hydrogens is 396 g/mol. The Balaban J connectivity index is 1.34. The van der Waals surface area contributed by atoms with Crippen molar-refractivity contribution in [3.63, 3.8) is 0 Å². The Morgan fingerprint density at radius 2 is 1.68 bits per heavy atom. The molecule has 0 bridgehead atoms. The van der Waals surface area contributed by atoms with Crippen LogP contribution in [0.3, 0.4) is 0 Å². The van der Waals surface area contributed by atoms with E-state index in [0.29, 0.717) is 12.2 Å². The lowest BCUT2D eigenvalue weighted by Gasteiger charge is -2.36. The van der Waals surface area contributed by atoms with Crippen molar-refractivity contribution in [2.75, 3.05) is 20.1 Å². The number of benzene rings is 2. The van der Waals surface area contributed by atoms with Crippen LogP contribution in [0.4, 0.5) is 4.79 Å². The van der Waals surface area contributed by atoms with Crippen LogP contribution in [-0.4, -0.2) is 66.9 Å². The van der Waals surface area contributed by atoms with Gasteiger partial charge in [0.1, 0.15) is 23.6 Å². The summed E-state index contributed by atoms with van der Waals surface area (Å²) >= 11 is 0. The zero-order chi connectivity index (χ0) is 22.0. The molecule has 1 aromatic heterocycles. The summed E-state index contributed by atoms with van der Waals surface area (Å²) in [6.45, 7) is 2.28. The number of aromatic hydroxyl groups is 3. The second kappa shape index (κ2) is 8.69. The van der Waals surface area contributed by atoms with Crippen molar-refractivity contribution in [1.29, 1.82) is 0 Å². The van der Waals surface area contributed by atoms with Crippen molar-refractivity contribution in [2.24, 2.45) is 0 Å². The minimum Gasteiger partial charge on any atom is -0.508 e. The minimum atomic E-state index is -0.131. The van der Waals surface area contributed by atoms with Gasteiger partial charge in [0, 0.05) is 50.6 Å². The first-order valence-electron chi connectivity index (χ1n) is 10.2. The summed E-state index contributed by atoms with van der Waals surface area (Å²) in [6, 6.07) is 11.3. The zero-order valence-electron chi connectivity index (χ0n) is 17.3. The van der Waals surface area contributed by atoms with E-state index in [1.165, 1.54) is 17.0 Å². The lowest BCUT2D eigenvalue weighted by Crippen LogP contribution is -2.46. The molecule has 1 fully saturated rings. The van der Waals surface area contributed by atoms with E-state index in [9.17, 15) is 20.1 Å². The maximum absolute atomic E-state index is 12.9. The fourth-order valence-electron chi connectivity index (χ4n) is 4.02. The van der Waals surface area contributed by atoms with Gasteiger partial charge < -0.3 is 20.2 Å². The number of hydrogen-bond acceptors (Lipinski definition) is 6. The van der Waals surface area contributed by atoms with Crippen LogP contribution >= 0.6 is 0 Å². The predicted octanol–water partition coefficient (Wildman–Crippen LogP) is 3.23. The minimum absolute atomic E-state index is 0.0576. The van der Waals surface area contributed by atoms with Gasteiger partial charge in [0.15, 0.2) is 0 Å². The first-order chi connectivity index (χ1) is 14.9. The number of piperidine rings is 1. The smallest absolute Gasteiger partial charge is 0.329 e. The van der Waals surface area contributed by atoms with Gasteiger partial charge in [0.25, 0.3) is 0 Å². The number of likely N-dealkylation sites (tertiary alicyclic amines) is 1. The van der Waals surface area contributed by atoms with Crippen LogP contribution in [-0.2, 0) is 6.54 Å². The fourth-order valence-corrected chi connectivity index (χ4v) is 4.02. The molecule has 3 N–H and O–H groups in total. The molecule has 8 nitrogen and oxygen atoms in total. The number of amides is 1. The number of aromatic nitrogens is 2. The van der Waals surface area contributed by atoms with Crippen LogP contribution in [0.25, 0.3) is 11.3 Å². The normalized spacial score (nSPS) is 15.1. The van der Waals surface area contributed by atoms with E-state index in [4.69, 9.17) is 0 Å². The van der Waals surface area contributed by atoms with Crippen LogP contribution in [0, 0.1) is 0 Å². The lowest BCUT2D eigenvalue weighted by atomic mass is 10.0. The lowest BCUT2D eigenvalue weighted by molar-refractivity contribution is 0.131. The number of phenolic OH excluding ortho intramolecular Hbond substituents is 3. The third kappa shape index (κ3) is 4.80. The monoisotopic (exact) mass is 422 g/mol. The van der Waals surface area contributed by atoms with Crippen molar-refractivity contribution in [2.45, 2.75) is 25.4 Å². The van der Waals surface area contributed by atoms with Crippen molar-refractivity contribution < 1.29 is 20.1 Å². The van der Waals surface area contributed by atoms with E-state index in [1.54, 1.807) is 47.5 Å². The van der Waals surface area contributed by atoms with Crippen molar-refractivity contribution in [3.8, 4) is 28.5 Å². The zero-order valence-corrected chi connectivity index (χ0v) is 17.3. The van der Waals surface area contributed by atoms with Crippen molar-refractivity contribution >= 4 is 6.03 Å². The molecule has 0 unspecified atom stereocenters. The molecule has 0 aliphatic carbocycles. The fraction of sp³-hybridized carbons (Fsp3) is 0.304. The van der Waals surface area contributed by atoms with E-state index >= 15 is 0 Å². The molecule has 2 heterocycles. The van der Waals surface area contributed by atoms with Gasteiger partial charge in [-0.2, -0.15) is 0 Å². The summed E-state index contributed by atoms with van der Waals surface area (Å²) in [4.78, 5) is 21.3. The summed E-state index contributed by atoms with van der Waals surface area (Å²) in [5.74, 6) is 0.302. The Kier molecular flexibility index (Phi) is 5.81. The molecule has 31 heavy (non-hydrogen) atoms. The molecule has 1 amide bonds. The molecule has 162 valence electrons. The SMILES string of the molecule is CN(C(=O)n1cnc(-c2ccc(O)cc2)c1)C1CCN(Cc2cc(O)cc(O)c2)CC1. The number of carbonyl (C=O) groups excluding carboxylic acids is 1. The Labute approximate surface area is 180 Å². The first-order valence-corrected chi connectivity index (χ1v) is 10.2. The van der Waals surface area contributed by atoms with E-state index in [0.717, 1.165) is 37.1 Å². The van der Waals surface area contributed by atoms with Gasteiger partial charge in [-0.15, -0.1) is 0 Å². The van der Waals surface area contributed by atoms with Crippen LogP contribution < -0.4 is 0 Å². The molecule has 0 saturated carbocycles. The highest BCUT2D eigenvalue weighted by atomic mass is 16.3. The van der Waals surface area contributed by atoms with Gasteiger partial charge in [-0.3, -0.25) is 9.47 Å². The molecule has 1 aliphatic heterocycles. The Morgan fingerprint density at radius 1 is 1.03 bits per heavy atom. The molecule has 3 aromatic rings. The first kappa shape index (κ1) is 20.7. The summed E-state index contributed by atoms with van der Waals surface area (Å²) in [7, 11) is 1.82. The summed E-state index contributed by atoms with van der Waals surface area (Å²) < 4.78 is 1.49. The number of phenols is 3. The number of imidazole rings is 1. The van der Waals surface area contributed by atoms with Gasteiger partial charge in [-0.05, 0) is 54.8 Å². The van der Waals surface area contributed by atoms with Crippen LogP contribution in [0.2, 0.25) is 0 Å². The van der Waals surface area contributed by atoms with Crippen LogP contribution in [0.15, 0.2) is 55.0 Å². The van der Waals surface area contributed by atoms with E-state index < -0.39 is 0 Å². The Morgan fingerprint density at radius 3 is 2.32 bits per heavy atom. The van der Waals surface area contributed by atoms with Crippen molar-refractivity contribution in [1.82, 2.24) is 19.4 Å². The molecule has 0 spiro atoms. The average molecular weight is 422 g/mol. The largest absolute Gasteiger partial charge is 0.508 e. The topological polar surface area (TPSA) is 102 Å². The molecule has 4 rings (SSSR count). The van der Waals surface area contributed by atoms with E-state index in [-0.39, 0.29) is 29.3 Å². The second-order valence-electron chi connectivity index (χ2n) is 7.97. The van der Waals surface area contributed by atoms with Crippen LogP contribution in [0.1, 0.15) is 18.4 Å². The van der Waals surface area contributed by atoms with Crippen molar-refractivity contribution in [3.05, 3.63) is 60.6 Å². The Bertz CT molecular complexity index is 1040.